The highest BCUT2D eigenvalue weighted by Crippen LogP contribution is 2.20. The van der Waals surface area contributed by atoms with Crippen molar-refractivity contribution in [3.8, 4) is 10.8 Å². The molecule has 3 aromatic heterocycles. The van der Waals surface area contributed by atoms with Crippen molar-refractivity contribution in [2.24, 2.45) is 0 Å². The number of hydrogen-bond donors (Lipinski definition) is 2. The van der Waals surface area contributed by atoms with Gasteiger partial charge in [-0.3, -0.25) is 14.9 Å². The van der Waals surface area contributed by atoms with Gasteiger partial charge in [0.05, 0.1) is 0 Å². The summed E-state index contributed by atoms with van der Waals surface area (Å²) in [6.07, 6.45) is 4.86. The molecule has 10 heteroatoms. The molecule has 1 aromatic carbocycles. The number of nitrogens with one attached hydrogen (secondary N) is 2. The van der Waals surface area contributed by atoms with Crippen LogP contribution < -0.4 is 10.6 Å². The first-order valence-corrected chi connectivity index (χ1v) is 9.80. The molecule has 138 valence electrons. The summed E-state index contributed by atoms with van der Waals surface area (Å²) in [5.74, 6) is -0.139. The zero-order valence-electron chi connectivity index (χ0n) is 14.2. The van der Waals surface area contributed by atoms with Crippen molar-refractivity contribution in [3.63, 3.8) is 0 Å². The topological polar surface area (TPSA) is 110 Å². The Morgan fingerprint density at radius 3 is 2.36 bits per heavy atom. The summed E-state index contributed by atoms with van der Waals surface area (Å²) in [6.45, 7) is 0. The summed E-state index contributed by atoms with van der Waals surface area (Å²) in [6, 6.07) is 8.28. The second kappa shape index (κ2) is 8.03. The van der Waals surface area contributed by atoms with Crippen LogP contribution >= 0.6 is 22.7 Å². The van der Waals surface area contributed by atoms with Crippen molar-refractivity contribution in [2.45, 2.75) is 0 Å². The van der Waals surface area contributed by atoms with Gasteiger partial charge in [-0.2, -0.15) is 0 Å². The molecule has 2 N–H and O–H groups in total. The maximum atomic E-state index is 12.4. The second-order valence-electron chi connectivity index (χ2n) is 5.43. The molecule has 0 bridgehead atoms. The van der Waals surface area contributed by atoms with Crippen molar-refractivity contribution in [1.29, 1.82) is 0 Å². The number of anilines is 2. The molecule has 0 unspecified atom stereocenters. The fraction of sp³-hybridized carbons (Fsp3) is 0. The molecule has 8 nitrogen and oxygen atoms in total. The van der Waals surface area contributed by atoms with Gasteiger partial charge in [0.15, 0.2) is 16.0 Å². The lowest BCUT2D eigenvalue weighted by Crippen LogP contribution is -2.14. The first-order chi connectivity index (χ1) is 13.7. The van der Waals surface area contributed by atoms with E-state index in [1.807, 2.05) is 0 Å². The Morgan fingerprint density at radius 1 is 0.857 bits per heavy atom. The minimum absolute atomic E-state index is 0.264. The standard InChI is InChI=1S/C18H12N6O2S2/c25-15(24-18-21-8-9-27-18)11-2-4-12(5-3-11)22-16(26)13-10-28-17(23-13)14-19-6-1-7-20-14/h1-10H,(H,22,26)(H,21,24,25). The van der Waals surface area contributed by atoms with Crippen molar-refractivity contribution >= 4 is 45.3 Å². The van der Waals surface area contributed by atoms with Crippen LogP contribution in [0.1, 0.15) is 20.8 Å². The van der Waals surface area contributed by atoms with Crippen LogP contribution in [0, 0.1) is 0 Å². The van der Waals surface area contributed by atoms with Gasteiger partial charge in [0.1, 0.15) is 5.69 Å². The molecule has 0 aliphatic carbocycles. The third-order valence-electron chi connectivity index (χ3n) is 3.55. The van der Waals surface area contributed by atoms with Crippen LogP contribution in [0.15, 0.2) is 59.7 Å². The monoisotopic (exact) mass is 408 g/mol. The van der Waals surface area contributed by atoms with E-state index in [1.165, 1.54) is 22.7 Å². The van der Waals surface area contributed by atoms with Gasteiger partial charge >= 0.3 is 0 Å². The zero-order chi connectivity index (χ0) is 19.3. The summed E-state index contributed by atoms with van der Waals surface area (Å²) < 4.78 is 0. The number of benzene rings is 1. The van der Waals surface area contributed by atoms with Crippen LogP contribution in [0.2, 0.25) is 0 Å². The van der Waals surface area contributed by atoms with Crippen LogP contribution in [0.25, 0.3) is 10.8 Å². The van der Waals surface area contributed by atoms with E-state index in [-0.39, 0.29) is 17.5 Å². The zero-order valence-corrected chi connectivity index (χ0v) is 15.8. The fourth-order valence-corrected chi connectivity index (χ4v) is 3.51. The fourth-order valence-electron chi connectivity index (χ4n) is 2.24. The SMILES string of the molecule is O=C(Nc1nccs1)c1ccc(NC(=O)c2csc(-c3ncccn3)n2)cc1. The average molecular weight is 408 g/mol. The summed E-state index contributed by atoms with van der Waals surface area (Å²) in [7, 11) is 0. The van der Waals surface area contributed by atoms with Gasteiger partial charge in [-0.05, 0) is 30.3 Å². The number of hydrogen-bond acceptors (Lipinski definition) is 8. The lowest BCUT2D eigenvalue weighted by atomic mass is 10.2. The lowest BCUT2D eigenvalue weighted by molar-refractivity contribution is 0.101. The molecule has 0 saturated heterocycles. The maximum absolute atomic E-state index is 12.4. The Morgan fingerprint density at radius 2 is 1.64 bits per heavy atom. The van der Waals surface area contributed by atoms with E-state index >= 15 is 0 Å². The third-order valence-corrected chi connectivity index (χ3v) is 5.08. The maximum Gasteiger partial charge on any atom is 0.275 e. The van der Waals surface area contributed by atoms with Gasteiger partial charge in [-0.1, -0.05) is 0 Å². The average Bonchev–Trinajstić information content (AvgIpc) is 3.41. The van der Waals surface area contributed by atoms with E-state index in [1.54, 1.807) is 59.7 Å². The molecule has 28 heavy (non-hydrogen) atoms. The van der Waals surface area contributed by atoms with Crippen LogP contribution in [0.3, 0.4) is 0 Å². The highest BCUT2D eigenvalue weighted by Gasteiger charge is 2.14. The molecular weight excluding hydrogens is 396 g/mol. The molecule has 0 saturated carbocycles. The van der Waals surface area contributed by atoms with Gasteiger partial charge in [-0.25, -0.2) is 19.9 Å². The predicted octanol–water partition coefficient (Wildman–Crippen LogP) is 3.56. The van der Waals surface area contributed by atoms with E-state index in [2.05, 4.69) is 30.6 Å². The highest BCUT2D eigenvalue weighted by atomic mass is 32.1. The predicted molar refractivity (Wildman–Crippen MR) is 108 cm³/mol. The van der Waals surface area contributed by atoms with Crippen LogP contribution in [-0.4, -0.2) is 31.8 Å². The Labute approximate surface area is 167 Å². The molecule has 0 aliphatic rings. The van der Waals surface area contributed by atoms with Crippen molar-refractivity contribution in [3.05, 3.63) is 70.9 Å². The first kappa shape index (κ1) is 17.9. The Hall–Kier alpha value is -3.50. The van der Waals surface area contributed by atoms with Crippen molar-refractivity contribution in [2.75, 3.05) is 10.6 Å². The summed E-state index contributed by atoms with van der Waals surface area (Å²) in [5.41, 5.74) is 1.30. The largest absolute Gasteiger partial charge is 0.321 e. The number of rotatable bonds is 5. The molecule has 2 amide bonds. The number of amides is 2. The molecule has 0 aliphatic heterocycles. The Bertz CT molecular complexity index is 1090. The minimum Gasteiger partial charge on any atom is -0.321 e. The van der Waals surface area contributed by atoms with Gasteiger partial charge in [-0.15, -0.1) is 22.7 Å². The summed E-state index contributed by atoms with van der Waals surface area (Å²) >= 11 is 2.64. The molecule has 0 radical (unpaired) electrons. The van der Waals surface area contributed by atoms with Gasteiger partial charge in [0, 0.05) is 40.6 Å². The first-order valence-electron chi connectivity index (χ1n) is 8.04. The van der Waals surface area contributed by atoms with Gasteiger partial charge in [0.2, 0.25) is 0 Å². The smallest absolute Gasteiger partial charge is 0.275 e. The lowest BCUT2D eigenvalue weighted by Gasteiger charge is -2.05. The van der Waals surface area contributed by atoms with Crippen molar-refractivity contribution in [1.82, 2.24) is 19.9 Å². The number of carbonyl (C=O) groups is 2. The molecule has 0 spiro atoms. The normalized spacial score (nSPS) is 10.4. The summed E-state index contributed by atoms with van der Waals surface area (Å²) in [5, 5.41) is 9.99. The molecular formula is C18H12N6O2S2. The van der Waals surface area contributed by atoms with E-state index in [9.17, 15) is 9.59 Å². The second-order valence-corrected chi connectivity index (χ2v) is 7.19. The van der Waals surface area contributed by atoms with Crippen LogP contribution in [-0.2, 0) is 0 Å². The quantitative estimate of drug-likeness (QED) is 0.522. The number of carbonyl (C=O) groups excluding carboxylic acids is 2. The molecule has 0 fully saturated rings. The Balaban J connectivity index is 1.41. The number of aromatic nitrogens is 4. The minimum atomic E-state index is -0.349. The highest BCUT2D eigenvalue weighted by molar-refractivity contribution is 7.13. The summed E-state index contributed by atoms with van der Waals surface area (Å²) in [4.78, 5) is 41.1. The van der Waals surface area contributed by atoms with Gasteiger partial charge < -0.3 is 5.32 Å². The number of thiazole rings is 2. The van der Waals surface area contributed by atoms with Crippen LogP contribution in [0.5, 0.6) is 0 Å². The van der Waals surface area contributed by atoms with Crippen LogP contribution in [0.4, 0.5) is 10.8 Å². The molecule has 3 heterocycles. The van der Waals surface area contributed by atoms with E-state index in [0.29, 0.717) is 27.2 Å². The molecule has 4 rings (SSSR count). The van der Waals surface area contributed by atoms with Gasteiger partial charge in [0.25, 0.3) is 11.8 Å². The Kier molecular flexibility index (Phi) is 5.13. The van der Waals surface area contributed by atoms with Crippen molar-refractivity contribution < 1.29 is 9.59 Å². The number of nitrogens with zero attached hydrogens (tertiary/aromatic N) is 4. The third kappa shape index (κ3) is 4.08. The van der Waals surface area contributed by atoms with E-state index in [4.69, 9.17) is 0 Å². The van der Waals surface area contributed by atoms with E-state index < -0.39 is 0 Å². The molecule has 4 aromatic rings. The molecule has 0 atom stereocenters. The van der Waals surface area contributed by atoms with E-state index in [0.717, 1.165) is 0 Å².